The maximum atomic E-state index is 10.8. The molecule has 0 saturated carbocycles. The lowest BCUT2D eigenvalue weighted by atomic mass is 10.1. The van der Waals surface area contributed by atoms with E-state index in [-0.39, 0.29) is 5.91 Å². The highest BCUT2D eigenvalue weighted by molar-refractivity contribution is 5.75. The molecular weight excluding hydrogens is 228 g/mol. The van der Waals surface area contributed by atoms with Crippen molar-refractivity contribution in [2.24, 2.45) is 11.7 Å². The van der Waals surface area contributed by atoms with Crippen LogP contribution in [-0.2, 0) is 16.1 Å². The molecule has 0 radical (unpaired) electrons. The van der Waals surface area contributed by atoms with Gasteiger partial charge in [-0.15, -0.1) is 0 Å². The van der Waals surface area contributed by atoms with Gasteiger partial charge in [0.15, 0.2) is 0 Å². The van der Waals surface area contributed by atoms with Gasteiger partial charge in [0.1, 0.15) is 0 Å². The quantitative estimate of drug-likeness (QED) is 0.817. The molecule has 0 aromatic heterocycles. The van der Waals surface area contributed by atoms with Crippen LogP contribution in [0.15, 0.2) is 30.3 Å². The summed E-state index contributed by atoms with van der Waals surface area (Å²) in [5.41, 5.74) is 6.38. The number of carbonyl (C=O) groups excluding carboxylic acids is 1. The van der Waals surface area contributed by atoms with Gasteiger partial charge in [-0.2, -0.15) is 0 Å². The van der Waals surface area contributed by atoms with Gasteiger partial charge in [-0.05, 0) is 24.4 Å². The summed E-state index contributed by atoms with van der Waals surface area (Å²) in [7, 11) is 0. The van der Waals surface area contributed by atoms with Gasteiger partial charge in [0.25, 0.3) is 0 Å². The fourth-order valence-corrected chi connectivity index (χ4v) is 2.33. The molecule has 0 bridgehead atoms. The predicted octanol–water partition coefficient (Wildman–Crippen LogP) is 1.01. The maximum Gasteiger partial charge on any atom is 0.231 e. The standard InChI is InChI=1S/C14H20N2O2/c15-14(17)9-16-7-6-13(8-16)11-18-10-12-4-2-1-3-5-12/h1-5,13H,6-11H2,(H2,15,17)/t13-/m0/s1. The molecule has 1 aliphatic heterocycles. The lowest BCUT2D eigenvalue weighted by molar-refractivity contribution is -0.118. The SMILES string of the molecule is NC(=O)CN1CC[C@H](COCc2ccccc2)C1. The number of nitrogens with two attached hydrogens (primary N) is 1. The van der Waals surface area contributed by atoms with Crippen LogP contribution >= 0.6 is 0 Å². The van der Waals surface area contributed by atoms with E-state index in [1.807, 2.05) is 18.2 Å². The Morgan fingerprint density at radius 1 is 1.39 bits per heavy atom. The first-order chi connectivity index (χ1) is 8.74. The Bertz CT molecular complexity index is 381. The van der Waals surface area contributed by atoms with E-state index < -0.39 is 0 Å². The monoisotopic (exact) mass is 248 g/mol. The zero-order chi connectivity index (χ0) is 12.8. The second-order valence-electron chi connectivity index (χ2n) is 4.86. The van der Waals surface area contributed by atoms with Crippen molar-refractivity contribution in [1.82, 2.24) is 4.90 Å². The zero-order valence-electron chi connectivity index (χ0n) is 10.5. The molecule has 1 fully saturated rings. The summed E-state index contributed by atoms with van der Waals surface area (Å²) in [6, 6.07) is 10.2. The number of benzene rings is 1. The molecule has 1 atom stereocenters. The summed E-state index contributed by atoms with van der Waals surface area (Å²) in [6.07, 6.45) is 1.09. The molecule has 0 aliphatic carbocycles. The highest BCUT2D eigenvalue weighted by atomic mass is 16.5. The van der Waals surface area contributed by atoms with Crippen LogP contribution in [0, 0.1) is 5.92 Å². The Hall–Kier alpha value is -1.39. The summed E-state index contributed by atoms with van der Waals surface area (Å²) in [5, 5.41) is 0. The fraction of sp³-hybridized carbons (Fsp3) is 0.500. The smallest absolute Gasteiger partial charge is 0.231 e. The lowest BCUT2D eigenvalue weighted by Crippen LogP contribution is -2.32. The number of primary amides is 1. The van der Waals surface area contributed by atoms with Crippen LogP contribution in [0.1, 0.15) is 12.0 Å². The van der Waals surface area contributed by atoms with E-state index in [1.165, 1.54) is 5.56 Å². The number of hydrogen-bond acceptors (Lipinski definition) is 3. The number of nitrogens with zero attached hydrogens (tertiary/aromatic N) is 1. The number of hydrogen-bond donors (Lipinski definition) is 1. The highest BCUT2D eigenvalue weighted by Crippen LogP contribution is 2.16. The maximum absolute atomic E-state index is 10.8. The Morgan fingerprint density at radius 3 is 2.89 bits per heavy atom. The molecule has 1 heterocycles. The van der Waals surface area contributed by atoms with Gasteiger partial charge in [0.05, 0.1) is 19.8 Å². The second kappa shape index (κ2) is 6.52. The third-order valence-electron chi connectivity index (χ3n) is 3.21. The Morgan fingerprint density at radius 2 is 2.17 bits per heavy atom. The Labute approximate surface area is 108 Å². The van der Waals surface area contributed by atoms with Gasteiger partial charge in [0.2, 0.25) is 5.91 Å². The van der Waals surface area contributed by atoms with Gasteiger partial charge in [-0.25, -0.2) is 0 Å². The van der Waals surface area contributed by atoms with Crippen molar-refractivity contribution in [2.45, 2.75) is 13.0 Å². The molecule has 98 valence electrons. The van der Waals surface area contributed by atoms with Crippen LogP contribution in [0.3, 0.4) is 0 Å². The first-order valence-corrected chi connectivity index (χ1v) is 6.36. The molecule has 1 aliphatic rings. The van der Waals surface area contributed by atoms with Gasteiger partial charge in [0, 0.05) is 6.54 Å². The predicted molar refractivity (Wildman–Crippen MR) is 69.8 cm³/mol. The topological polar surface area (TPSA) is 55.6 Å². The van der Waals surface area contributed by atoms with Gasteiger partial charge in [-0.3, -0.25) is 9.69 Å². The Kier molecular flexibility index (Phi) is 4.73. The molecule has 1 amide bonds. The molecule has 1 aromatic rings. The minimum absolute atomic E-state index is 0.249. The summed E-state index contributed by atoms with van der Waals surface area (Å²) in [6.45, 7) is 3.65. The summed E-state index contributed by atoms with van der Waals surface area (Å²) < 4.78 is 5.71. The van der Waals surface area contributed by atoms with Gasteiger partial charge < -0.3 is 10.5 Å². The van der Waals surface area contributed by atoms with Crippen LogP contribution in [0.2, 0.25) is 0 Å². The molecular formula is C14H20N2O2. The minimum Gasteiger partial charge on any atom is -0.376 e. The Balaban J connectivity index is 1.65. The van der Waals surface area contributed by atoms with Crippen molar-refractivity contribution < 1.29 is 9.53 Å². The lowest BCUT2D eigenvalue weighted by Gasteiger charge is -2.13. The van der Waals surface area contributed by atoms with E-state index in [9.17, 15) is 4.79 Å². The molecule has 4 heteroatoms. The summed E-state index contributed by atoms with van der Waals surface area (Å²) in [5.74, 6) is 0.272. The van der Waals surface area contributed by atoms with E-state index in [2.05, 4.69) is 17.0 Å². The van der Waals surface area contributed by atoms with E-state index >= 15 is 0 Å². The van der Waals surface area contributed by atoms with E-state index in [0.717, 1.165) is 26.1 Å². The van der Waals surface area contributed by atoms with Gasteiger partial charge in [-0.1, -0.05) is 30.3 Å². The first-order valence-electron chi connectivity index (χ1n) is 6.36. The van der Waals surface area contributed by atoms with E-state index in [0.29, 0.717) is 19.1 Å². The van der Waals surface area contributed by atoms with Crippen LogP contribution < -0.4 is 5.73 Å². The van der Waals surface area contributed by atoms with E-state index in [4.69, 9.17) is 10.5 Å². The van der Waals surface area contributed by atoms with Crippen molar-refractivity contribution in [3.05, 3.63) is 35.9 Å². The largest absolute Gasteiger partial charge is 0.376 e. The van der Waals surface area contributed by atoms with Gasteiger partial charge >= 0.3 is 0 Å². The van der Waals surface area contributed by atoms with Crippen LogP contribution in [-0.4, -0.2) is 37.0 Å². The van der Waals surface area contributed by atoms with E-state index in [1.54, 1.807) is 0 Å². The number of amides is 1. The molecule has 0 unspecified atom stereocenters. The van der Waals surface area contributed by atoms with Crippen molar-refractivity contribution in [3.8, 4) is 0 Å². The van der Waals surface area contributed by atoms with Crippen LogP contribution in [0.5, 0.6) is 0 Å². The molecule has 4 nitrogen and oxygen atoms in total. The van der Waals surface area contributed by atoms with Crippen molar-refractivity contribution in [1.29, 1.82) is 0 Å². The fourth-order valence-electron chi connectivity index (χ4n) is 2.33. The molecule has 1 saturated heterocycles. The van der Waals surface area contributed by atoms with Crippen molar-refractivity contribution in [3.63, 3.8) is 0 Å². The third-order valence-corrected chi connectivity index (χ3v) is 3.21. The molecule has 1 aromatic carbocycles. The minimum atomic E-state index is -0.249. The molecule has 2 rings (SSSR count). The second-order valence-corrected chi connectivity index (χ2v) is 4.86. The van der Waals surface area contributed by atoms with Crippen molar-refractivity contribution in [2.75, 3.05) is 26.2 Å². The van der Waals surface area contributed by atoms with Crippen molar-refractivity contribution >= 4 is 5.91 Å². The normalized spacial score (nSPS) is 20.1. The van der Waals surface area contributed by atoms with Crippen LogP contribution in [0.25, 0.3) is 0 Å². The number of ether oxygens (including phenoxy) is 1. The highest BCUT2D eigenvalue weighted by Gasteiger charge is 2.23. The molecule has 18 heavy (non-hydrogen) atoms. The summed E-state index contributed by atoms with van der Waals surface area (Å²) in [4.78, 5) is 12.9. The summed E-state index contributed by atoms with van der Waals surface area (Å²) >= 11 is 0. The van der Waals surface area contributed by atoms with Crippen LogP contribution in [0.4, 0.5) is 0 Å². The number of rotatable bonds is 6. The average molecular weight is 248 g/mol. The average Bonchev–Trinajstić information content (AvgIpc) is 2.77. The third kappa shape index (κ3) is 4.13. The molecule has 2 N–H and O–H groups in total. The first kappa shape index (κ1) is 13.1. The number of likely N-dealkylation sites (tertiary alicyclic amines) is 1. The zero-order valence-corrected chi connectivity index (χ0v) is 10.5. The number of carbonyl (C=O) groups is 1. The molecule has 0 spiro atoms.